The minimum Gasteiger partial charge on any atom is -0.457 e. The van der Waals surface area contributed by atoms with Crippen LogP contribution in [0.2, 0.25) is 0 Å². The van der Waals surface area contributed by atoms with E-state index in [4.69, 9.17) is 9.15 Å². The predicted molar refractivity (Wildman–Crippen MR) is 107 cm³/mol. The van der Waals surface area contributed by atoms with E-state index >= 15 is 0 Å². The van der Waals surface area contributed by atoms with Crippen molar-refractivity contribution < 1.29 is 18.3 Å². The van der Waals surface area contributed by atoms with Gasteiger partial charge in [-0.15, -0.1) is 0 Å². The summed E-state index contributed by atoms with van der Waals surface area (Å²) in [4.78, 5) is 14.8. The Balaban J connectivity index is 1.48. The van der Waals surface area contributed by atoms with Crippen molar-refractivity contribution in [3.8, 4) is 11.3 Å². The molecule has 0 unspecified atom stereocenters. The zero-order chi connectivity index (χ0) is 19.3. The summed E-state index contributed by atoms with van der Waals surface area (Å²) in [6, 6.07) is 17.4. The van der Waals surface area contributed by atoms with Crippen molar-refractivity contribution in [3.63, 3.8) is 0 Å². The van der Waals surface area contributed by atoms with Crippen LogP contribution in [-0.4, -0.2) is 32.1 Å². The lowest BCUT2D eigenvalue weighted by atomic mass is 10.1. The first kappa shape index (κ1) is 18.2. The number of ketones is 1. The number of anilines is 1. The van der Waals surface area contributed by atoms with Gasteiger partial charge in [-0.1, -0.05) is 24.3 Å². The van der Waals surface area contributed by atoms with Gasteiger partial charge in [0.05, 0.1) is 18.8 Å². The van der Waals surface area contributed by atoms with Gasteiger partial charge < -0.3 is 14.1 Å². The third kappa shape index (κ3) is 4.05. The SMILES string of the molecule is O=C(/C=C/c1ccc(-c2ccccc2F)o1)c1cccc(N2CCOCC2)c1. The number of nitrogens with zero attached hydrogens (tertiary/aromatic N) is 1. The number of rotatable bonds is 5. The summed E-state index contributed by atoms with van der Waals surface area (Å²) in [5.41, 5.74) is 2.02. The number of morpholine rings is 1. The molecule has 0 radical (unpaired) electrons. The molecule has 5 heteroatoms. The first-order valence-electron chi connectivity index (χ1n) is 9.20. The quantitative estimate of drug-likeness (QED) is 0.472. The van der Waals surface area contributed by atoms with Gasteiger partial charge >= 0.3 is 0 Å². The molecule has 0 saturated carbocycles. The highest BCUT2D eigenvalue weighted by molar-refractivity contribution is 6.07. The number of ether oxygens (including phenoxy) is 1. The molecule has 1 aromatic heterocycles. The molecule has 28 heavy (non-hydrogen) atoms. The average Bonchev–Trinajstić information content (AvgIpc) is 3.22. The number of carbonyl (C=O) groups is 1. The van der Waals surface area contributed by atoms with Crippen molar-refractivity contribution >= 4 is 17.5 Å². The standard InChI is InChI=1S/C23H20FNO3/c24-21-7-2-1-6-20(21)23-11-9-19(28-23)8-10-22(26)17-4-3-5-18(16-17)25-12-14-27-15-13-25/h1-11,16H,12-15H2/b10-8+. The minimum absolute atomic E-state index is 0.112. The van der Waals surface area contributed by atoms with Crippen LogP contribution in [0.1, 0.15) is 16.1 Å². The second-order valence-corrected chi connectivity index (χ2v) is 6.53. The molecule has 1 fully saturated rings. The fraction of sp³-hybridized carbons (Fsp3) is 0.174. The minimum atomic E-state index is -0.344. The van der Waals surface area contributed by atoms with Crippen LogP contribution < -0.4 is 4.90 Å². The summed E-state index contributed by atoms with van der Waals surface area (Å²) in [6.07, 6.45) is 3.08. The van der Waals surface area contributed by atoms with Crippen LogP contribution in [0.15, 0.2) is 71.2 Å². The lowest BCUT2D eigenvalue weighted by Gasteiger charge is -2.29. The number of allylic oxidation sites excluding steroid dienone is 1. The normalized spacial score (nSPS) is 14.5. The van der Waals surface area contributed by atoms with Crippen LogP contribution in [0.4, 0.5) is 10.1 Å². The van der Waals surface area contributed by atoms with E-state index in [1.165, 1.54) is 12.1 Å². The molecule has 1 aliphatic heterocycles. The zero-order valence-corrected chi connectivity index (χ0v) is 15.3. The lowest BCUT2D eigenvalue weighted by molar-refractivity contribution is 0.104. The van der Waals surface area contributed by atoms with Gasteiger partial charge in [-0.25, -0.2) is 4.39 Å². The Bertz CT molecular complexity index is 1000. The lowest BCUT2D eigenvalue weighted by Crippen LogP contribution is -2.36. The van der Waals surface area contributed by atoms with Gasteiger partial charge in [0.2, 0.25) is 0 Å². The van der Waals surface area contributed by atoms with E-state index in [2.05, 4.69) is 4.90 Å². The van der Waals surface area contributed by atoms with Crippen LogP contribution in [0, 0.1) is 5.82 Å². The molecular formula is C23H20FNO3. The number of halogens is 1. The number of carbonyl (C=O) groups excluding carboxylic acids is 1. The van der Waals surface area contributed by atoms with Crippen LogP contribution in [-0.2, 0) is 4.74 Å². The van der Waals surface area contributed by atoms with Gasteiger partial charge in [0.15, 0.2) is 5.78 Å². The summed E-state index contributed by atoms with van der Waals surface area (Å²) < 4.78 is 24.9. The molecule has 0 N–H and O–H groups in total. The summed E-state index contributed by atoms with van der Waals surface area (Å²) in [7, 11) is 0. The Kier molecular flexibility index (Phi) is 5.35. The van der Waals surface area contributed by atoms with Crippen molar-refractivity contribution in [2.75, 3.05) is 31.2 Å². The molecule has 1 aliphatic rings. The fourth-order valence-corrected chi connectivity index (χ4v) is 3.18. The van der Waals surface area contributed by atoms with Crippen LogP contribution in [0.3, 0.4) is 0 Å². The zero-order valence-electron chi connectivity index (χ0n) is 15.3. The van der Waals surface area contributed by atoms with Crippen molar-refractivity contribution in [1.82, 2.24) is 0 Å². The smallest absolute Gasteiger partial charge is 0.186 e. The summed E-state index contributed by atoms with van der Waals surface area (Å²) >= 11 is 0. The first-order chi connectivity index (χ1) is 13.7. The third-order valence-corrected chi connectivity index (χ3v) is 4.67. The van der Waals surface area contributed by atoms with E-state index in [9.17, 15) is 9.18 Å². The van der Waals surface area contributed by atoms with E-state index in [-0.39, 0.29) is 11.6 Å². The van der Waals surface area contributed by atoms with E-state index in [1.807, 2.05) is 18.2 Å². The van der Waals surface area contributed by atoms with E-state index in [0.29, 0.717) is 35.9 Å². The molecule has 0 atom stereocenters. The molecule has 1 saturated heterocycles. The number of hydrogen-bond acceptors (Lipinski definition) is 4. The highest BCUT2D eigenvalue weighted by Gasteiger charge is 2.13. The Hall–Kier alpha value is -3.18. The van der Waals surface area contributed by atoms with Gasteiger partial charge in [0.25, 0.3) is 0 Å². The van der Waals surface area contributed by atoms with Crippen molar-refractivity contribution in [2.24, 2.45) is 0 Å². The van der Waals surface area contributed by atoms with Crippen molar-refractivity contribution in [3.05, 3.63) is 83.9 Å². The van der Waals surface area contributed by atoms with E-state index in [0.717, 1.165) is 18.8 Å². The molecule has 4 rings (SSSR count). The third-order valence-electron chi connectivity index (χ3n) is 4.67. The second-order valence-electron chi connectivity index (χ2n) is 6.53. The first-order valence-corrected chi connectivity index (χ1v) is 9.20. The monoisotopic (exact) mass is 377 g/mol. The van der Waals surface area contributed by atoms with E-state index in [1.54, 1.807) is 42.5 Å². The Labute approximate surface area is 162 Å². The Morgan fingerprint density at radius 2 is 1.82 bits per heavy atom. The molecule has 2 heterocycles. The summed E-state index contributed by atoms with van der Waals surface area (Å²) in [6.45, 7) is 3.03. The highest BCUT2D eigenvalue weighted by atomic mass is 19.1. The topological polar surface area (TPSA) is 42.7 Å². The molecule has 0 amide bonds. The van der Waals surface area contributed by atoms with Crippen molar-refractivity contribution in [2.45, 2.75) is 0 Å². The molecular weight excluding hydrogens is 357 g/mol. The summed E-state index contributed by atoms with van der Waals surface area (Å²) in [5.74, 6) is 0.470. The van der Waals surface area contributed by atoms with Gasteiger partial charge in [-0.3, -0.25) is 4.79 Å². The highest BCUT2D eigenvalue weighted by Crippen LogP contribution is 2.25. The molecule has 0 bridgehead atoms. The van der Waals surface area contributed by atoms with Crippen LogP contribution in [0.5, 0.6) is 0 Å². The maximum absolute atomic E-state index is 13.9. The van der Waals surface area contributed by atoms with Crippen LogP contribution >= 0.6 is 0 Å². The number of benzene rings is 2. The van der Waals surface area contributed by atoms with Crippen LogP contribution in [0.25, 0.3) is 17.4 Å². The molecule has 4 nitrogen and oxygen atoms in total. The van der Waals surface area contributed by atoms with Gasteiger partial charge in [0, 0.05) is 24.3 Å². The van der Waals surface area contributed by atoms with Gasteiger partial charge in [-0.05, 0) is 48.6 Å². The molecule has 0 aliphatic carbocycles. The van der Waals surface area contributed by atoms with Gasteiger partial charge in [0.1, 0.15) is 17.3 Å². The largest absolute Gasteiger partial charge is 0.457 e. The number of furan rings is 1. The van der Waals surface area contributed by atoms with Crippen molar-refractivity contribution in [1.29, 1.82) is 0 Å². The Morgan fingerprint density at radius 1 is 1.00 bits per heavy atom. The second kappa shape index (κ2) is 8.23. The van der Waals surface area contributed by atoms with E-state index < -0.39 is 0 Å². The summed E-state index contributed by atoms with van der Waals surface area (Å²) in [5, 5.41) is 0. The Morgan fingerprint density at radius 3 is 2.64 bits per heavy atom. The molecule has 3 aromatic rings. The number of hydrogen-bond donors (Lipinski definition) is 0. The maximum atomic E-state index is 13.9. The predicted octanol–water partition coefficient (Wildman–Crippen LogP) is 4.82. The average molecular weight is 377 g/mol. The molecule has 2 aromatic carbocycles. The maximum Gasteiger partial charge on any atom is 0.186 e. The van der Waals surface area contributed by atoms with Gasteiger partial charge in [-0.2, -0.15) is 0 Å². The molecule has 0 spiro atoms. The fourth-order valence-electron chi connectivity index (χ4n) is 3.18. The molecule has 142 valence electrons.